The molecule has 0 aromatic heterocycles. The number of hydrogen-bond acceptors (Lipinski definition) is 0. The summed E-state index contributed by atoms with van der Waals surface area (Å²) in [6, 6.07) is 0. The standard InChI is InChI=1S/C4H9F3ISi/c1-9(2,3)8-4(5,6)7/h1-3H3/q-1. The van der Waals surface area contributed by atoms with Crippen LogP contribution < -0.4 is 20.4 Å². The van der Waals surface area contributed by atoms with Crippen molar-refractivity contribution in [1.82, 2.24) is 0 Å². The fourth-order valence-corrected chi connectivity index (χ4v) is 6.47. The zero-order chi connectivity index (χ0) is 7.71. The molecule has 0 aromatic rings. The Morgan fingerprint density at radius 1 is 1.11 bits per heavy atom. The minimum atomic E-state index is -3.84. The van der Waals surface area contributed by atoms with Gasteiger partial charge in [-0.25, -0.2) is 0 Å². The van der Waals surface area contributed by atoms with Gasteiger partial charge in [-0.1, -0.05) is 0 Å². The molecule has 0 aliphatic carbocycles. The molecule has 0 aromatic carbocycles. The van der Waals surface area contributed by atoms with Crippen LogP contribution in [0.15, 0.2) is 0 Å². The van der Waals surface area contributed by atoms with Crippen molar-refractivity contribution in [3.63, 3.8) is 0 Å². The molecule has 0 heterocycles. The average molecular weight is 269 g/mol. The third-order valence-corrected chi connectivity index (χ3v) is 7.86. The van der Waals surface area contributed by atoms with Gasteiger partial charge in [0, 0.05) is 0 Å². The summed E-state index contributed by atoms with van der Waals surface area (Å²) in [5.74, 6) is 0. The number of hydrogen-bond donors (Lipinski definition) is 0. The molecule has 0 atom stereocenters. The van der Waals surface area contributed by atoms with Crippen molar-refractivity contribution < 1.29 is 33.6 Å². The van der Waals surface area contributed by atoms with Gasteiger partial charge in [0.15, 0.2) is 0 Å². The molecule has 9 heavy (non-hydrogen) atoms. The van der Waals surface area contributed by atoms with E-state index >= 15 is 0 Å². The van der Waals surface area contributed by atoms with Crippen LogP contribution in [-0.4, -0.2) is 9.75 Å². The van der Waals surface area contributed by atoms with Gasteiger partial charge < -0.3 is 0 Å². The summed E-state index contributed by atoms with van der Waals surface area (Å²) in [6.45, 7) is 5.27. The quantitative estimate of drug-likeness (QED) is 0.259. The molecule has 0 radical (unpaired) electrons. The van der Waals surface area contributed by atoms with E-state index in [1.54, 1.807) is 19.6 Å². The van der Waals surface area contributed by atoms with Gasteiger partial charge in [-0.2, -0.15) is 0 Å². The fourth-order valence-electron chi connectivity index (χ4n) is 0.321. The van der Waals surface area contributed by atoms with E-state index in [2.05, 4.69) is 0 Å². The van der Waals surface area contributed by atoms with E-state index in [-0.39, 0.29) is 0 Å². The Balaban J connectivity index is 3.75. The van der Waals surface area contributed by atoms with E-state index in [4.69, 9.17) is 0 Å². The Hall–Kier alpha value is 0.737. The molecule has 58 valence electrons. The molecular formula is C4H9F3ISi-. The second-order valence-corrected chi connectivity index (χ2v) is 19.5. The third kappa shape index (κ3) is 8.74. The second kappa shape index (κ2) is 2.77. The van der Waals surface area contributed by atoms with Gasteiger partial charge in [-0.3, -0.25) is 0 Å². The van der Waals surface area contributed by atoms with Crippen LogP contribution in [0.2, 0.25) is 19.6 Å². The van der Waals surface area contributed by atoms with Crippen LogP contribution >= 0.6 is 0 Å². The first-order chi connectivity index (χ1) is 3.71. The monoisotopic (exact) mass is 269 g/mol. The summed E-state index contributed by atoms with van der Waals surface area (Å²) in [4.78, 5) is 0. The normalized spacial score (nSPS) is 14.4. The van der Waals surface area contributed by atoms with Crippen molar-refractivity contribution in [3.8, 4) is 0 Å². The SMILES string of the molecule is C[Si](C)(C)[I-]C(F)(F)F. The average Bonchev–Trinajstić information content (AvgIpc) is 1.14. The molecule has 0 fully saturated rings. The van der Waals surface area contributed by atoms with E-state index in [1.165, 1.54) is 0 Å². The summed E-state index contributed by atoms with van der Waals surface area (Å²) in [7, 11) is 0. The molecule has 0 amide bonds. The molecular weight excluding hydrogens is 260 g/mol. The van der Waals surface area contributed by atoms with E-state index < -0.39 is 30.2 Å². The van der Waals surface area contributed by atoms with Crippen LogP contribution in [0, 0.1) is 0 Å². The molecule has 0 rings (SSSR count). The van der Waals surface area contributed by atoms with E-state index in [0.29, 0.717) is 0 Å². The van der Waals surface area contributed by atoms with Crippen molar-refractivity contribution in [1.29, 1.82) is 0 Å². The van der Waals surface area contributed by atoms with E-state index in [0.717, 1.165) is 0 Å². The first-order valence-corrected chi connectivity index (χ1v) is 10.1. The Morgan fingerprint density at radius 3 is 1.44 bits per heavy atom. The molecule has 0 bridgehead atoms. The molecule has 0 aliphatic rings. The van der Waals surface area contributed by atoms with Gasteiger partial charge in [0.2, 0.25) is 0 Å². The Morgan fingerprint density at radius 2 is 1.44 bits per heavy atom. The van der Waals surface area contributed by atoms with E-state index in [9.17, 15) is 13.2 Å². The molecule has 0 unspecified atom stereocenters. The Labute approximate surface area is 63.2 Å². The van der Waals surface area contributed by atoms with Gasteiger partial charge in [-0.15, -0.1) is 0 Å². The predicted octanol–water partition coefficient (Wildman–Crippen LogP) is -0.570. The van der Waals surface area contributed by atoms with Gasteiger partial charge in [0.1, 0.15) is 0 Å². The number of halogens is 4. The maximum absolute atomic E-state index is 11.6. The molecule has 0 N–H and O–H groups in total. The third-order valence-electron chi connectivity index (χ3n) is 0.391. The van der Waals surface area contributed by atoms with Crippen LogP contribution in [0.4, 0.5) is 13.2 Å². The molecule has 5 heteroatoms. The molecule has 0 saturated heterocycles. The Bertz CT molecular complexity index is 81.0. The van der Waals surface area contributed by atoms with E-state index in [1.807, 2.05) is 0 Å². The van der Waals surface area contributed by atoms with Crippen molar-refractivity contribution in [2.45, 2.75) is 23.8 Å². The van der Waals surface area contributed by atoms with Crippen molar-refractivity contribution in [2.75, 3.05) is 0 Å². The van der Waals surface area contributed by atoms with Gasteiger partial charge in [-0.05, 0) is 0 Å². The van der Waals surface area contributed by atoms with Crippen molar-refractivity contribution in [2.24, 2.45) is 0 Å². The Kier molecular flexibility index (Phi) is 3.00. The van der Waals surface area contributed by atoms with Crippen molar-refractivity contribution >= 4 is 5.57 Å². The predicted molar refractivity (Wildman–Crippen MR) is 29.4 cm³/mol. The summed E-state index contributed by atoms with van der Waals surface area (Å²) < 4.78 is 31.1. The number of alkyl halides is 4. The van der Waals surface area contributed by atoms with Gasteiger partial charge in [0.05, 0.1) is 0 Å². The summed E-state index contributed by atoms with van der Waals surface area (Å²) in [6.07, 6.45) is 0. The zero-order valence-electron chi connectivity index (χ0n) is 5.51. The van der Waals surface area contributed by atoms with Gasteiger partial charge in [0.25, 0.3) is 0 Å². The summed E-state index contributed by atoms with van der Waals surface area (Å²) in [5, 5.41) is 0. The first-order valence-electron chi connectivity index (χ1n) is 2.44. The number of rotatable bonds is 1. The molecule has 0 saturated carbocycles. The van der Waals surface area contributed by atoms with Gasteiger partial charge >= 0.3 is 63.0 Å². The topological polar surface area (TPSA) is 0 Å². The van der Waals surface area contributed by atoms with Crippen molar-refractivity contribution in [3.05, 3.63) is 0 Å². The zero-order valence-corrected chi connectivity index (χ0v) is 8.67. The van der Waals surface area contributed by atoms with Crippen LogP contribution in [-0.2, 0) is 0 Å². The molecule has 0 nitrogen and oxygen atoms in total. The molecule has 0 aliphatic heterocycles. The van der Waals surface area contributed by atoms with Crippen LogP contribution in [0.3, 0.4) is 0 Å². The summed E-state index contributed by atoms with van der Waals surface area (Å²) >= 11 is -1.52. The summed E-state index contributed by atoms with van der Waals surface area (Å²) in [5.41, 5.74) is -1.81. The first kappa shape index (κ1) is 9.74. The van der Waals surface area contributed by atoms with Crippen LogP contribution in [0.1, 0.15) is 0 Å². The van der Waals surface area contributed by atoms with Crippen LogP contribution in [0.25, 0.3) is 0 Å². The van der Waals surface area contributed by atoms with Crippen LogP contribution in [0.5, 0.6) is 0 Å². The second-order valence-electron chi connectivity index (χ2n) is 2.59. The fraction of sp³-hybridized carbons (Fsp3) is 1.00. The minimum absolute atomic E-state index is 1.52. The maximum atomic E-state index is 11.6. The molecule has 0 spiro atoms.